The van der Waals surface area contributed by atoms with E-state index in [4.69, 9.17) is 4.74 Å². The Kier molecular flexibility index (Phi) is 3.94. The molecule has 0 aromatic heterocycles. The number of hydrogen-bond acceptors (Lipinski definition) is 3. The van der Waals surface area contributed by atoms with Crippen LogP contribution in [0.2, 0.25) is 0 Å². The van der Waals surface area contributed by atoms with Gasteiger partial charge >= 0.3 is 6.61 Å². The second kappa shape index (κ2) is 5.87. The summed E-state index contributed by atoms with van der Waals surface area (Å²) in [5.74, 6) is 0.961. The fourth-order valence-electron chi connectivity index (χ4n) is 2.42. The highest BCUT2D eigenvalue weighted by molar-refractivity contribution is 5.79. The number of benzene rings is 1. The summed E-state index contributed by atoms with van der Waals surface area (Å²) in [6.45, 7) is -1.80. The number of amides is 1. The van der Waals surface area contributed by atoms with Crippen molar-refractivity contribution >= 4 is 5.91 Å². The van der Waals surface area contributed by atoms with E-state index >= 15 is 0 Å². The number of halogens is 2. The molecule has 1 aliphatic heterocycles. The molecule has 1 aromatic rings. The van der Waals surface area contributed by atoms with Gasteiger partial charge in [0.2, 0.25) is 5.91 Å². The fourth-order valence-corrected chi connectivity index (χ4v) is 2.42. The first kappa shape index (κ1) is 14.1. The van der Waals surface area contributed by atoms with Crippen molar-refractivity contribution < 1.29 is 23.0 Å². The minimum absolute atomic E-state index is 0.00774. The highest BCUT2D eigenvalue weighted by Gasteiger charge is 2.26. The third kappa shape index (κ3) is 3.62. The molecule has 6 heteroatoms. The molecule has 1 saturated carbocycles. The molecule has 1 atom stereocenters. The molecule has 1 heterocycles. The van der Waals surface area contributed by atoms with Crippen molar-refractivity contribution in [2.45, 2.75) is 31.8 Å². The van der Waals surface area contributed by atoms with Crippen molar-refractivity contribution in [3.8, 4) is 11.5 Å². The third-order valence-corrected chi connectivity index (χ3v) is 3.80. The second-order valence-electron chi connectivity index (χ2n) is 5.54. The minimum atomic E-state index is -2.88. The van der Waals surface area contributed by atoms with Gasteiger partial charge in [-0.15, -0.1) is 0 Å². The molecule has 114 valence electrons. The fraction of sp³-hybridized carbons (Fsp3) is 0.533. The van der Waals surface area contributed by atoms with Crippen molar-refractivity contribution in [1.29, 1.82) is 0 Å². The zero-order chi connectivity index (χ0) is 14.8. The van der Waals surface area contributed by atoms with Crippen LogP contribution >= 0.6 is 0 Å². The predicted molar refractivity (Wildman–Crippen MR) is 71.7 cm³/mol. The average molecular weight is 297 g/mol. The van der Waals surface area contributed by atoms with Crippen LogP contribution in [0, 0.1) is 5.92 Å². The van der Waals surface area contributed by atoms with E-state index in [1.807, 2.05) is 0 Å². The molecule has 1 aromatic carbocycles. The van der Waals surface area contributed by atoms with Crippen LogP contribution in [-0.2, 0) is 4.79 Å². The smallest absolute Gasteiger partial charge is 0.387 e. The summed E-state index contributed by atoms with van der Waals surface area (Å²) in [6.07, 6.45) is 2.65. The van der Waals surface area contributed by atoms with Crippen LogP contribution in [-0.4, -0.2) is 25.7 Å². The molecule has 0 spiro atoms. The molecule has 2 fully saturated rings. The molecule has 4 nitrogen and oxygen atoms in total. The average Bonchev–Trinajstić information content (AvgIpc) is 3.17. The van der Waals surface area contributed by atoms with Gasteiger partial charge in [-0.1, -0.05) is 6.07 Å². The van der Waals surface area contributed by atoms with Gasteiger partial charge in [-0.3, -0.25) is 4.79 Å². The van der Waals surface area contributed by atoms with Crippen LogP contribution in [0.5, 0.6) is 11.5 Å². The van der Waals surface area contributed by atoms with Gasteiger partial charge in [0.05, 0.1) is 6.61 Å². The molecular formula is C15H17F2NO3. The van der Waals surface area contributed by atoms with E-state index in [0.29, 0.717) is 31.2 Å². The number of carbonyl (C=O) groups is 1. The van der Waals surface area contributed by atoms with Crippen LogP contribution in [0.25, 0.3) is 0 Å². The molecule has 21 heavy (non-hydrogen) atoms. The van der Waals surface area contributed by atoms with Gasteiger partial charge < -0.3 is 14.8 Å². The summed E-state index contributed by atoms with van der Waals surface area (Å²) in [4.78, 5) is 11.3. The third-order valence-electron chi connectivity index (χ3n) is 3.80. The van der Waals surface area contributed by atoms with Gasteiger partial charge in [0.25, 0.3) is 0 Å². The van der Waals surface area contributed by atoms with Gasteiger partial charge in [0.1, 0.15) is 0 Å². The van der Waals surface area contributed by atoms with Crippen molar-refractivity contribution in [3.63, 3.8) is 0 Å². The van der Waals surface area contributed by atoms with Crippen molar-refractivity contribution in [2.75, 3.05) is 13.2 Å². The highest BCUT2D eigenvalue weighted by Crippen LogP contribution is 2.36. The summed E-state index contributed by atoms with van der Waals surface area (Å²) in [5.41, 5.74) is 0.903. The van der Waals surface area contributed by atoms with E-state index in [2.05, 4.69) is 10.1 Å². The number of carbonyl (C=O) groups excluding carboxylic acids is 1. The quantitative estimate of drug-likeness (QED) is 0.878. The first-order valence-corrected chi connectivity index (χ1v) is 7.10. The number of hydrogen-bond donors (Lipinski definition) is 1. The summed E-state index contributed by atoms with van der Waals surface area (Å²) in [6, 6.07) is 4.92. The van der Waals surface area contributed by atoms with E-state index in [9.17, 15) is 13.6 Å². The zero-order valence-electron chi connectivity index (χ0n) is 11.5. The lowest BCUT2D eigenvalue weighted by molar-refractivity contribution is -0.119. The molecule has 1 N–H and O–H groups in total. The zero-order valence-corrected chi connectivity index (χ0v) is 11.5. The number of rotatable bonds is 6. The van der Waals surface area contributed by atoms with Gasteiger partial charge in [0, 0.05) is 18.9 Å². The lowest BCUT2D eigenvalue weighted by atomic mass is 9.98. The predicted octanol–water partition coefficient (Wildman–Crippen LogP) is 2.68. The SMILES string of the molecule is O=C1C[C@H](c2ccc(OC(F)F)c(OCC3CC3)c2)CN1. The summed E-state index contributed by atoms with van der Waals surface area (Å²) in [7, 11) is 0. The van der Waals surface area contributed by atoms with E-state index in [1.54, 1.807) is 12.1 Å². The Bertz CT molecular complexity index is 532. The minimum Gasteiger partial charge on any atom is -0.489 e. The van der Waals surface area contributed by atoms with Crippen molar-refractivity contribution in [2.24, 2.45) is 5.92 Å². The second-order valence-corrected chi connectivity index (χ2v) is 5.54. The summed E-state index contributed by atoms with van der Waals surface area (Å²) >= 11 is 0. The topological polar surface area (TPSA) is 47.6 Å². The molecule has 1 aliphatic carbocycles. The molecule has 2 aliphatic rings. The highest BCUT2D eigenvalue weighted by atomic mass is 19.3. The lowest BCUT2D eigenvalue weighted by Crippen LogP contribution is -2.13. The van der Waals surface area contributed by atoms with Crippen LogP contribution in [0.4, 0.5) is 8.78 Å². The normalized spacial score (nSPS) is 21.5. The molecule has 1 amide bonds. The van der Waals surface area contributed by atoms with Gasteiger partial charge in [0.15, 0.2) is 11.5 Å². The van der Waals surface area contributed by atoms with Gasteiger partial charge in [-0.05, 0) is 36.5 Å². The Morgan fingerprint density at radius 2 is 2.10 bits per heavy atom. The van der Waals surface area contributed by atoms with E-state index < -0.39 is 6.61 Å². The van der Waals surface area contributed by atoms with E-state index in [1.165, 1.54) is 6.07 Å². The Morgan fingerprint density at radius 1 is 1.29 bits per heavy atom. The molecule has 1 saturated heterocycles. The molecule has 3 rings (SSSR count). The number of nitrogens with one attached hydrogen (secondary N) is 1. The standard InChI is InChI=1S/C15H17F2NO3/c16-15(17)21-12-4-3-10(11-6-14(19)18-7-11)5-13(12)20-8-9-1-2-9/h3-5,9,11,15H,1-2,6-8H2,(H,18,19)/t11-/m0/s1. The number of alkyl halides is 2. The maximum Gasteiger partial charge on any atom is 0.387 e. The van der Waals surface area contributed by atoms with Crippen molar-refractivity contribution in [3.05, 3.63) is 23.8 Å². The van der Waals surface area contributed by atoms with Gasteiger partial charge in [-0.2, -0.15) is 8.78 Å². The van der Waals surface area contributed by atoms with Crippen molar-refractivity contribution in [1.82, 2.24) is 5.32 Å². The van der Waals surface area contributed by atoms with Crippen LogP contribution in [0.1, 0.15) is 30.7 Å². The van der Waals surface area contributed by atoms with Crippen LogP contribution < -0.4 is 14.8 Å². The molecular weight excluding hydrogens is 280 g/mol. The Morgan fingerprint density at radius 3 is 2.71 bits per heavy atom. The molecule has 0 radical (unpaired) electrons. The Hall–Kier alpha value is -1.85. The van der Waals surface area contributed by atoms with E-state index in [-0.39, 0.29) is 17.6 Å². The molecule has 0 bridgehead atoms. The van der Waals surface area contributed by atoms with E-state index in [0.717, 1.165) is 18.4 Å². The van der Waals surface area contributed by atoms with Crippen LogP contribution in [0.3, 0.4) is 0 Å². The Labute approximate surface area is 121 Å². The van der Waals surface area contributed by atoms with Gasteiger partial charge in [-0.25, -0.2) is 0 Å². The largest absolute Gasteiger partial charge is 0.489 e. The number of ether oxygens (including phenoxy) is 2. The Balaban J connectivity index is 1.78. The maximum atomic E-state index is 12.4. The first-order valence-electron chi connectivity index (χ1n) is 7.10. The lowest BCUT2D eigenvalue weighted by Gasteiger charge is -2.15. The molecule has 0 unspecified atom stereocenters. The summed E-state index contributed by atoms with van der Waals surface area (Å²) in [5, 5.41) is 2.76. The summed E-state index contributed by atoms with van der Waals surface area (Å²) < 4.78 is 35.0. The van der Waals surface area contributed by atoms with Crippen LogP contribution in [0.15, 0.2) is 18.2 Å². The first-order chi connectivity index (χ1) is 10.1. The maximum absolute atomic E-state index is 12.4. The monoisotopic (exact) mass is 297 g/mol.